The van der Waals surface area contributed by atoms with Crippen LogP contribution in [-0.2, 0) is 22.3 Å². The van der Waals surface area contributed by atoms with E-state index in [1.54, 1.807) is 4.90 Å². The van der Waals surface area contributed by atoms with Crippen molar-refractivity contribution < 1.29 is 19.1 Å². The van der Waals surface area contributed by atoms with Crippen LogP contribution in [0.4, 0.5) is 0 Å². The summed E-state index contributed by atoms with van der Waals surface area (Å²) in [5, 5.41) is 0. The van der Waals surface area contributed by atoms with Gasteiger partial charge in [-0.1, -0.05) is 6.07 Å². The van der Waals surface area contributed by atoms with Crippen molar-refractivity contribution in [2.45, 2.75) is 45.3 Å². The largest absolute Gasteiger partial charge is 0.491 e. The topological polar surface area (TPSA) is 32.1 Å². The molecule has 23 heavy (non-hydrogen) atoms. The fourth-order valence-electron chi connectivity index (χ4n) is 3.77. The number of hydrogen-bond donors (Lipinski definition) is 1. The molecule has 128 valence electrons. The van der Waals surface area contributed by atoms with Crippen LogP contribution in [0.2, 0.25) is 0 Å². The van der Waals surface area contributed by atoms with Crippen molar-refractivity contribution in [3.05, 3.63) is 29.3 Å². The average Bonchev–Trinajstić information content (AvgIpc) is 2.97. The zero-order valence-corrected chi connectivity index (χ0v) is 14.5. The Morgan fingerprint density at radius 2 is 1.83 bits per heavy atom. The molecular formula is C19H30NO3+. The van der Waals surface area contributed by atoms with Gasteiger partial charge in [0.05, 0.1) is 13.2 Å². The van der Waals surface area contributed by atoms with Gasteiger partial charge in [-0.3, -0.25) is 0 Å². The quantitative estimate of drug-likeness (QED) is 0.768. The molecule has 3 atom stereocenters. The summed E-state index contributed by atoms with van der Waals surface area (Å²) in [5.41, 5.74) is 2.95. The Morgan fingerprint density at radius 3 is 2.65 bits per heavy atom. The van der Waals surface area contributed by atoms with Crippen LogP contribution in [-0.4, -0.2) is 51.7 Å². The molecule has 1 unspecified atom stereocenters. The number of nitrogens with one attached hydrogen (secondary N) is 1. The maximum absolute atomic E-state index is 5.81. The number of benzene rings is 1. The van der Waals surface area contributed by atoms with Crippen LogP contribution < -0.4 is 9.64 Å². The van der Waals surface area contributed by atoms with Gasteiger partial charge in [0.1, 0.15) is 44.2 Å². The zero-order valence-electron chi connectivity index (χ0n) is 14.5. The SMILES string of the molecule is C[C@@H]1C[NH+](CCOCCOc2ccc3c(c2)CCC3)C[C@H](C)O1. The normalized spacial score (nSPS) is 27.0. The van der Waals surface area contributed by atoms with E-state index in [4.69, 9.17) is 14.2 Å². The first-order valence-electron chi connectivity index (χ1n) is 9.02. The van der Waals surface area contributed by atoms with Gasteiger partial charge in [0.25, 0.3) is 0 Å². The molecule has 0 bridgehead atoms. The second-order valence-corrected chi connectivity index (χ2v) is 6.91. The first-order valence-corrected chi connectivity index (χ1v) is 9.02. The molecule has 0 spiro atoms. The van der Waals surface area contributed by atoms with Crippen molar-refractivity contribution in [2.75, 3.05) is 39.5 Å². The van der Waals surface area contributed by atoms with Gasteiger partial charge >= 0.3 is 0 Å². The van der Waals surface area contributed by atoms with Gasteiger partial charge in [-0.05, 0) is 56.4 Å². The molecule has 0 amide bonds. The Morgan fingerprint density at radius 1 is 1.04 bits per heavy atom. The summed E-state index contributed by atoms with van der Waals surface area (Å²) in [6.45, 7) is 9.61. The fourth-order valence-corrected chi connectivity index (χ4v) is 3.77. The third-order valence-electron chi connectivity index (χ3n) is 4.78. The third kappa shape index (κ3) is 4.93. The van der Waals surface area contributed by atoms with E-state index < -0.39 is 0 Å². The molecule has 0 saturated carbocycles. The lowest BCUT2D eigenvalue weighted by atomic mass is 10.1. The molecule has 1 fully saturated rings. The van der Waals surface area contributed by atoms with E-state index >= 15 is 0 Å². The number of fused-ring (bicyclic) bond motifs is 1. The molecule has 4 heteroatoms. The molecule has 1 aromatic rings. The Bertz CT molecular complexity index is 495. The minimum absolute atomic E-state index is 0.358. The summed E-state index contributed by atoms with van der Waals surface area (Å²) < 4.78 is 17.3. The van der Waals surface area contributed by atoms with Crippen molar-refractivity contribution in [3.8, 4) is 5.75 Å². The Labute approximate surface area is 139 Å². The van der Waals surface area contributed by atoms with E-state index in [1.807, 2.05) is 0 Å². The van der Waals surface area contributed by atoms with E-state index in [1.165, 1.54) is 30.4 Å². The second-order valence-electron chi connectivity index (χ2n) is 6.91. The maximum atomic E-state index is 5.81. The summed E-state index contributed by atoms with van der Waals surface area (Å²) in [5.74, 6) is 0.982. The van der Waals surface area contributed by atoms with E-state index in [2.05, 4.69) is 32.0 Å². The van der Waals surface area contributed by atoms with E-state index in [-0.39, 0.29) is 0 Å². The van der Waals surface area contributed by atoms with Crippen molar-refractivity contribution in [3.63, 3.8) is 0 Å². The summed E-state index contributed by atoms with van der Waals surface area (Å²) in [7, 11) is 0. The Kier molecular flexibility index (Phi) is 5.92. The highest BCUT2D eigenvalue weighted by Gasteiger charge is 2.24. The molecule has 0 radical (unpaired) electrons. The van der Waals surface area contributed by atoms with Gasteiger partial charge in [0, 0.05) is 0 Å². The van der Waals surface area contributed by atoms with Crippen LogP contribution in [0, 0.1) is 0 Å². The monoisotopic (exact) mass is 320 g/mol. The van der Waals surface area contributed by atoms with Gasteiger partial charge in [0.2, 0.25) is 0 Å². The maximum Gasteiger partial charge on any atom is 0.119 e. The first-order chi connectivity index (χ1) is 11.2. The highest BCUT2D eigenvalue weighted by molar-refractivity contribution is 5.38. The minimum Gasteiger partial charge on any atom is -0.491 e. The number of hydrogen-bond acceptors (Lipinski definition) is 3. The molecule has 4 nitrogen and oxygen atoms in total. The summed E-state index contributed by atoms with van der Waals surface area (Å²) >= 11 is 0. The lowest BCUT2D eigenvalue weighted by molar-refractivity contribution is -0.915. The predicted octanol–water partition coefficient (Wildman–Crippen LogP) is 1.26. The molecule has 3 rings (SSSR count). The molecule has 1 aromatic carbocycles. The van der Waals surface area contributed by atoms with Gasteiger partial charge in [-0.15, -0.1) is 0 Å². The zero-order chi connectivity index (χ0) is 16.1. The number of quaternary nitrogens is 1. The number of ether oxygens (including phenoxy) is 3. The summed E-state index contributed by atoms with van der Waals surface area (Å²) in [4.78, 5) is 1.58. The van der Waals surface area contributed by atoms with E-state index in [0.717, 1.165) is 32.0 Å². The van der Waals surface area contributed by atoms with Crippen molar-refractivity contribution in [1.82, 2.24) is 0 Å². The molecule has 1 aliphatic carbocycles. The summed E-state index contributed by atoms with van der Waals surface area (Å²) in [6.07, 6.45) is 4.42. The molecule has 2 aliphatic rings. The fraction of sp³-hybridized carbons (Fsp3) is 0.684. The molecule has 1 N–H and O–H groups in total. The van der Waals surface area contributed by atoms with Crippen molar-refractivity contribution in [1.29, 1.82) is 0 Å². The highest BCUT2D eigenvalue weighted by atomic mass is 16.5. The van der Waals surface area contributed by atoms with Crippen LogP contribution in [0.15, 0.2) is 18.2 Å². The second kappa shape index (κ2) is 8.13. The third-order valence-corrected chi connectivity index (χ3v) is 4.78. The van der Waals surface area contributed by atoms with Gasteiger partial charge in [-0.25, -0.2) is 0 Å². The van der Waals surface area contributed by atoms with Crippen LogP contribution in [0.1, 0.15) is 31.4 Å². The summed E-state index contributed by atoms with van der Waals surface area (Å²) in [6, 6.07) is 6.50. The van der Waals surface area contributed by atoms with E-state index in [9.17, 15) is 0 Å². The molecular weight excluding hydrogens is 290 g/mol. The van der Waals surface area contributed by atoms with Crippen LogP contribution >= 0.6 is 0 Å². The molecule has 0 aromatic heterocycles. The predicted molar refractivity (Wildman–Crippen MR) is 90.4 cm³/mol. The van der Waals surface area contributed by atoms with E-state index in [0.29, 0.717) is 25.4 Å². The standard InChI is InChI=1S/C19H29NO3/c1-15-13-20(14-16(2)23-15)8-9-21-10-11-22-19-7-6-17-4-3-5-18(17)12-19/h6-7,12,15-16H,3-5,8-11,13-14H2,1-2H3/p+1/t15-,16+. The van der Waals surface area contributed by atoms with Crippen LogP contribution in [0.25, 0.3) is 0 Å². The average molecular weight is 320 g/mol. The highest BCUT2D eigenvalue weighted by Crippen LogP contribution is 2.25. The Hall–Kier alpha value is -1.10. The first kappa shape index (κ1) is 16.7. The molecule has 1 saturated heterocycles. The minimum atomic E-state index is 0.358. The Balaban J connectivity index is 1.28. The molecule has 1 aliphatic heterocycles. The smallest absolute Gasteiger partial charge is 0.119 e. The lowest BCUT2D eigenvalue weighted by Crippen LogP contribution is -3.15. The number of rotatable bonds is 7. The van der Waals surface area contributed by atoms with Crippen molar-refractivity contribution >= 4 is 0 Å². The van der Waals surface area contributed by atoms with Crippen molar-refractivity contribution in [2.24, 2.45) is 0 Å². The number of aryl methyl sites for hydroxylation is 2. The van der Waals surface area contributed by atoms with Gasteiger partial charge < -0.3 is 19.1 Å². The number of morpholine rings is 1. The van der Waals surface area contributed by atoms with Gasteiger partial charge in [-0.2, -0.15) is 0 Å². The van der Waals surface area contributed by atoms with Crippen LogP contribution in [0.5, 0.6) is 5.75 Å². The lowest BCUT2D eigenvalue weighted by Gasteiger charge is -2.32. The van der Waals surface area contributed by atoms with Gasteiger partial charge in [0.15, 0.2) is 0 Å². The molecule has 1 heterocycles. The van der Waals surface area contributed by atoms with Crippen LogP contribution in [0.3, 0.4) is 0 Å².